The zero-order valence-corrected chi connectivity index (χ0v) is 6.80. The van der Waals surface area contributed by atoms with Crippen molar-refractivity contribution in [1.29, 1.82) is 5.26 Å². The molecule has 1 aromatic rings. The van der Waals surface area contributed by atoms with Gasteiger partial charge < -0.3 is 0 Å². The zero-order chi connectivity index (χ0) is 7.40. The molecule has 0 fully saturated rings. The number of halogens is 1. The molecule has 1 nitrogen and oxygen atoms in total. The lowest BCUT2D eigenvalue weighted by atomic mass is 10.2. The van der Waals surface area contributed by atoms with Crippen molar-refractivity contribution in [2.75, 3.05) is 0 Å². The number of hydrogen-bond donors (Lipinski definition) is 0. The minimum absolute atomic E-state index is 0.921. The van der Waals surface area contributed by atoms with E-state index in [1.54, 1.807) is 0 Å². The Labute approximate surface area is 68.4 Å². The summed E-state index contributed by atoms with van der Waals surface area (Å²) in [6.45, 7) is 0. The number of nitriles is 1. The summed E-state index contributed by atoms with van der Waals surface area (Å²) in [5, 5.41) is 8.32. The summed E-state index contributed by atoms with van der Waals surface area (Å²) in [6.07, 6.45) is 1.50. The highest BCUT2D eigenvalue weighted by Crippen LogP contribution is 2.16. The van der Waals surface area contributed by atoms with Crippen molar-refractivity contribution in [2.24, 2.45) is 0 Å². The predicted molar refractivity (Wildman–Crippen MR) is 43.2 cm³/mol. The van der Waals surface area contributed by atoms with Gasteiger partial charge in [-0.3, -0.25) is 0 Å². The first-order valence-corrected chi connectivity index (χ1v) is 3.61. The highest BCUT2D eigenvalue weighted by atomic mass is 79.9. The molecule has 0 saturated carbocycles. The van der Waals surface area contributed by atoms with Gasteiger partial charge in [-0.2, -0.15) is 5.26 Å². The van der Waals surface area contributed by atoms with Gasteiger partial charge in [-0.15, -0.1) is 0 Å². The van der Waals surface area contributed by atoms with Crippen molar-refractivity contribution in [3.8, 4) is 6.07 Å². The van der Waals surface area contributed by atoms with Crippen molar-refractivity contribution >= 4 is 15.9 Å². The summed E-state index contributed by atoms with van der Waals surface area (Å²) in [7, 11) is 0. The highest BCUT2D eigenvalue weighted by molar-refractivity contribution is 9.10. The van der Waals surface area contributed by atoms with Gasteiger partial charge in [0.1, 0.15) is 0 Å². The Bertz CT molecular complexity index is 262. The van der Waals surface area contributed by atoms with E-state index in [9.17, 15) is 0 Å². The molecule has 0 N–H and O–H groups in total. The van der Waals surface area contributed by atoms with Crippen molar-refractivity contribution in [2.45, 2.75) is 0 Å². The first-order chi connectivity index (χ1) is 4.84. The van der Waals surface area contributed by atoms with E-state index in [1.165, 1.54) is 6.42 Å². The second-order valence-electron chi connectivity index (χ2n) is 1.79. The molecule has 49 valence electrons. The van der Waals surface area contributed by atoms with Crippen LogP contribution in [0.25, 0.3) is 0 Å². The summed E-state index contributed by atoms with van der Waals surface area (Å²) in [5.41, 5.74) is 0.921. The number of benzene rings is 1. The highest BCUT2D eigenvalue weighted by Gasteiger charge is 1.95. The summed E-state index contributed by atoms with van der Waals surface area (Å²) in [4.78, 5) is 0. The molecule has 10 heavy (non-hydrogen) atoms. The summed E-state index contributed by atoms with van der Waals surface area (Å²) < 4.78 is 0.955. The van der Waals surface area contributed by atoms with E-state index in [4.69, 9.17) is 5.26 Å². The average Bonchev–Trinajstić information content (AvgIpc) is 1.94. The standard InChI is InChI=1S/C8H5BrN/c9-8-4-2-1-3-7(8)5-6-10/h1-5H. The van der Waals surface area contributed by atoms with Crippen LogP contribution in [-0.2, 0) is 0 Å². The van der Waals surface area contributed by atoms with Crippen LogP contribution >= 0.6 is 15.9 Å². The number of rotatable bonds is 1. The molecule has 1 rings (SSSR count). The maximum absolute atomic E-state index is 8.32. The molecular formula is C8H5BrN. The van der Waals surface area contributed by atoms with Crippen LogP contribution in [0.5, 0.6) is 0 Å². The Morgan fingerprint density at radius 1 is 1.40 bits per heavy atom. The smallest absolute Gasteiger partial charge is 0.0923 e. The van der Waals surface area contributed by atoms with Crippen molar-refractivity contribution < 1.29 is 0 Å². The fourth-order valence-electron chi connectivity index (χ4n) is 0.662. The third-order valence-electron chi connectivity index (χ3n) is 1.13. The lowest BCUT2D eigenvalue weighted by Gasteiger charge is -1.94. The Morgan fingerprint density at radius 3 is 2.70 bits per heavy atom. The van der Waals surface area contributed by atoms with E-state index in [-0.39, 0.29) is 0 Å². The topological polar surface area (TPSA) is 23.8 Å². The van der Waals surface area contributed by atoms with Crippen LogP contribution in [0.4, 0.5) is 0 Å². The quantitative estimate of drug-likeness (QED) is 0.675. The summed E-state index contributed by atoms with van der Waals surface area (Å²) in [6, 6.07) is 9.57. The van der Waals surface area contributed by atoms with Gasteiger partial charge in [0, 0.05) is 4.47 Å². The lowest BCUT2D eigenvalue weighted by Crippen LogP contribution is -1.78. The fourth-order valence-corrected chi connectivity index (χ4v) is 1.06. The molecule has 0 amide bonds. The Hall–Kier alpha value is -0.810. The molecule has 0 aliphatic rings. The van der Waals surface area contributed by atoms with Gasteiger partial charge in [0.25, 0.3) is 0 Å². The normalized spacial score (nSPS) is 8.80. The SMILES string of the molecule is N#C[CH]c1ccccc1Br. The molecule has 0 aliphatic carbocycles. The van der Waals surface area contributed by atoms with E-state index >= 15 is 0 Å². The van der Waals surface area contributed by atoms with Crippen LogP contribution in [0, 0.1) is 17.8 Å². The van der Waals surface area contributed by atoms with Gasteiger partial charge in [-0.1, -0.05) is 34.1 Å². The first kappa shape index (κ1) is 7.30. The Morgan fingerprint density at radius 2 is 2.10 bits per heavy atom. The van der Waals surface area contributed by atoms with Crippen molar-refractivity contribution in [1.82, 2.24) is 0 Å². The minimum atomic E-state index is 0.921. The molecule has 0 heterocycles. The Kier molecular flexibility index (Phi) is 2.47. The first-order valence-electron chi connectivity index (χ1n) is 2.82. The molecular weight excluding hydrogens is 190 g/mol. The zero-order valence-electron chi connectivity index (χ0n) is 5.21. The van der Waals surface area contributed by atoms with Crippen LogP contribution in [0.3, 0.4) is 0 Å². The van der Waals surface area contributed by atoms with Crippen LogP contribution < -0.4 is 0 Å². The molecule has 1 aromatic carbocycles. The Balaban J connectivity index is 2.94. The predicted octanol–water partition coefficient (Wildman–Crippen LogP) is 2.53. The van der Waals surface area contributed by atoms with Crippen LogP contribution in [0.2, 0.25) is 0 Å². The molecule has 2 heteroatoms. The number of hydrogen-bond acceptors (Lipinski definition) is 1. The van der Waals surface area contributed by atoms with Gasteiger partial charge in [0.2, 0.25) is 0 Å². The summed E-state index contributed by atoms with van der Waals surface area (Å²) >= 11 is 3.31. The molecule has 0 aromatic heterocycles. The second-order valence-corrected chi connectivity index (χ2v) is 2.65. The van der Waals surface area contributed by atoms with Crippen LogP contribution in [0.1, 0.15) is 5.56 Å². The molecule has 0 saturated heterocycles. The van der Waals surface area contributed by atoms with E-state index < -0.39 is 0 Å². The monoisotopic (exact) mass is 194 g/mol. The summed E-state index contributed by atoms with van der Waals surface area (Å²) in [5.74, 6) is 0. The molecule has 0 atom stereocenters. The van der Waals surface area contributed by atoms with Crippen molar-refractivity contribution in [3.63, 3.8) is 0 Å². The fraction of sp³-hybridized carbons (Fsp3) is 0. The molecule has 0 bridgehead atoms. The molecule has 0 aliphatic heterocycles. The van der Waals surface area contributed by atoms with Gasteiger partial charge in [-0.25, -0.2) is 0 Å². The van der Waals surface area contributed by atoms with Gasteiger partial charge in [0.15, 0.2) is 0 Å². The molecule has 0 spiro atoms. The lowest BCUT2D eigenvalue weighted by molar-refractivity contribution is 1.44. The van der Waals surface area contributed by atoms with Gasteiger partial charge >= 0.3 is 0 Å². The minimum Gasteiger partial charge on any atom is -0.198 e. The maximum atomic E-state index is 8.32. The average molecular weight is 195 g/mol. The third-order valence-corrected chi connectivity index (χ3v) is 1.85. The maximum Gasteiger partial charge on any atom is 0.0923 e. The van der Waals surface area contributed by atoms with Crippen LogP contribution in [0.15, 0.2) is 28.7 Å². The second kappa shape index (κ2) is 3.38. The van der Waals surface area contributed by atoms with Crippen molar-refractivity contribution in [3.05, 3.63) is 40.7 Å². The molecule has 0 unspecified atom stereocenters. The van der Waals surface area contributed by atoms with Gasteiger partial charge in [-0.05, 0) is 11.6 Å². The van der Waals surface area contributed by atoms with E-state index in [0.29, 0.717) is 0 Å². The third kappa shape index (κ3) is 1.58. The van der Waals surface area contributed by atoms with E-state index in [1.807, 2.05) is 30.3 Å². The largest absolute Gasteiger partial charge is 0.198 e. The van der Waals surface area contributed by atoms with Gasteiger partial charge in [0.05, 0.1) is 12.5 Å². The number of nitrogens with zero attached hydrogens (tertiary/aromatic N) is 1. The van der Waals surface area contributed by atoms with E-state index in [2.05, 4.69) is 15.9 Å². The van der Waals surface area contributed by atoms with Crippen LogP contribution in [-0.4, -0.2) is 0 Å². The molecule has 1 radical (unpaired) electrons. The van der Waals surface area contributed by atoms with E-state index in [0.717, 1.165) is 10.0 Å².